The number of hydrogen-bond acceptors (Lipinski definition) is 8. The van der Waals surface area contributed by atoms with Crippen molar-refractivity contribution in [1.29, 1.82) is 0 Å². The maximum Gasteiger partial charge on any atom is 0.374 e. The number of methoxy groups -OCH3 is 2. The summed E-state index contributed by atoms with van der Waals surface area (Å²) in [4.78, 5) is 11.4. The molecule has 1 atom stereocenters. The standard InChI is InChI=1S/C13H18N4O6S/c1-5-17-11(14-15-13(17)22-4)8(2)16-24(19,20)10-7-6-9(23-10)12(18)21-3/h6-8,16H,5H2,1-4H3/t8-/m1/s1. The second-order valence-corrected chi connectivity index (χ2v) is 6.39. The van der Waals surface area contributed by atoms with Crippen molar-refractivity contribution < 1.29 is 27.1 Å². The van der Waals surface area contributed by atoms with Gasteiger partial charge in [0.05, 0.1) is 20.3 Å². The zero-order chi connectivity index (χ0) is 17.9. The number of furan rings is 1. The van der Waals surface area contributed by atoms with E-state index in [0.717, 1.165) is 0 Å². The number of aromatic nitrogens is 3. The van der Waals surface area contributed by atoms with Crippen LogP contribution in [0.5, 0.6) is 6.01 Å². The van der Waals surface area contributed by atoms with Crippen molar-refractivity contribution in [3.05, 3.63) is 23.7 Å². The van der Waals surface area contributed by atoms with Gasteiger partial charge in [0.15, 0.2) is 5.82 Å². The number of esters is 1. The summed E-state index contributed by atoms with van der Waals surface area (Å²) in [5.74, 6) is -0.582. The number of nitrogens with zero attached hydrogens (tertiary/aromatic N) is 3. The first-order valence-electron chi connectivity index (χ1n) is 7.01. The van der Waals surface area contributed by atoms with Crippen LogP contribution in [-0.2, 0) is 21.3 Å². The maximum absolute atomic E-state index is 12.4. The van der Waals surface area contributed by atoms with Gasteiger partial charge in [-0.3, -0.25) is 4.57 Å². The molecule has 2 rings (SSSR count). The highest BCUT2D eigenvalue weighted by Gasteiger charge is 2.27. The van der Waals surface area contributed by atoms with Crippen LogP contribution in [0.2, 0.25) is 0 Å². The summed E-state index contributed by atoms with van der Waals surface area (Å²) in [5, 5.41) is 7.38. The Morgan fingerprint density at radius 1 is 1.38 bits per heavy atom. The molecule has 0 fully saturated rings. The third-order valence-electron chi connectivity index (χ3n) is 3.20. The van der Waals surface area contributed by atoms with Crippen LogP contribution in [0.15, 0.2) is 21.6 Å². The monoisotopic (exact) mass is 358 g/mol. The largest absolute Gasteiger partial charge is 0.467 e. The van der Waals surface area contributed by atoms with Gasteiger partial charge in [0.2, 0.25) is 10.9 Å². The Balaban J connectivity index is 2.24. The van der Waals surface area contributed by atoms with Gasteiger partial charge in [-0.2, -0.15) is 4.72 Å². The smallest absolute Gasteiger partial charge is 0.374 e. The van der Waals surface area contributed by atoms with E-state index in [1.165, 1.54) is 26.4 Å². The third kappa shape index (κ3) is 3.41. The molecule has 0 aliphatic carbocycles. The van der Waals surface area contributed by atoms with E-state index in [9.17, 15) is 13.2 Å². The fourth-order valence-electron chi connectivity index (χ4n) is 2.09. The van der Waals surface area contributed by atoms with Crippen molar-refractivity contribution in [1.82, 2.24) is 19.5 Å². The van der Waals surface area contributed by atoms with Gasteiger partial charge in [-0.15, -0.1) is 5.10 Å². The molecule has 0 unspecified atom stereocenters. The summed E-state index contributed by atoms with van der Waals surface area (Å²) in [6, 6.07) is 1.98. The molecule has 0 radical (unpaired) electrons. The minimum Gasteiger partial charge on any atom is -0.467 e. The summed E-state index contributed by atoms with van der Waals surface area (Å²) < 4.78 is 43.4. The lowest BCUT2D eigenvalue weighted by Gasteiger charge is -2.13. The lowest BCUT2D eigenvalue weighted by Crippen LogP contribution is -2.28. The van der Waals surface area contributed by atoms with Gasteiger partial charge < -0.3 is 13.9 Å². The highest BCUT2D eigenvalue weighted by Crippen LogP contribution is 2.20. The maximum atomic E-state index is 12.4. The van der Waals surface area contributed by atoms with Crippen LogP contribution in [0.25, 0.3) is 0 Å². The van der Waals surface area contributed by atoms with Crippen LogP contribution in [0.1, 0.15) is 36.3 Å². The molecule has 0 aromatic carbocycles. The molecule has 0 aliphatic heterocycles. The van der Waals surface area contributed by atoms with Crippen LogP contribution in [-0.4, -0.2) is 43.4 Å². The normalized spacial score (nSPS) is 12.8. The molecule has 2 aromatic rings. The molecule has 10 nitrogen and oxygen atoms in total. The first-order valence-corrected chi connectivity index (χ1v) is 8.50. The molecule has 24 heavy (non-hydrogen) atoms. The van der Waals surface area contributed by atoms with Crippen LogP contribution >= 0.6 is 0 Å². The summed E-state index contributed by atoms with van der Waals surface area (Å²) in [6.07, 6.45) is 0. The Morgan fingerprint density at radius 2 is 2.08 bits per heavy atom. The van der Waals surface area contributed by atoms with Crippen LogP contribution < -0.4 is 9.46 Å². The lowest BCUT2D eigenvalue weighted by molar-refractivity contribution is 0.0559. The zero-order valence-electron chi connectivity index (χ0n) is 13.6. The molecular weight excluding hydrogens is 340 g/mol. The van der Waals surface area contributed by atoms with Gasteiger partial charge in [-0.1, -0.05) is 5.10 Å². The van der Waals surface area contributed by atoms with Gasteiger partial charge in [0.1, 0.15) is 0 Å². The predicted octanol–water partition coefficient (Wildman–Crippen LogP) is 0.726. The van der Waals surface area contributed by atoms with E-state index in [-0.39, 0.29) is 11.8 Å². The van der Waals surface area contributed by atoms with Crippen LogP contribution in [0.4, 0.5) is 0 Å². The number of hydrogen-bond donors (Lipinski definition) is 1. The van der Waals surface area contributed by atoms with E-state index in [2.05, 4.69) is 19.7 Å². The van der Waals surface area contributed by atoms with Gasteiger partial charge >= 0.3 is 12.0 Å². The fourth-order valence-corrected chi connectivity index (χ4v) is 3.22. The quantitative estimate of drug-likeness (QED) is 0.718. The zero-order valence-corrected chi connectivity index (χ0v) is 14.5. The summed E-state index contributed by atoms with van der Waals surface area (Å²) in [5.41, 5.74) is 0. The number of rotatable bonds is 7. The highest BCUT2D eigenvalue weighted by molar-refractivity contribution is 7.89. The Bertz CT molecular complexity index is 825. The summed E-state index contributed by atoms with van der Waals surface area (Å²) in [6.45, 7) is 3.97. The van der Waals surface area contributed by atoms with E-state index in [1.807, 2.05) is 6.92 Å². The number of nitrogens with one attached hydrogen (secondary N) is 1. The summed E-state index contributed by atoms with van der Waals surface area (Å²) in [7, 11) is -1.38. The van der Waals surface area contributed by atoms with Crippen molar-refractivity contribution >= 4 is 16.0 Å². The molecule has 0 bridgehead atoms. The van der Waals surface area contributed by atoms with Crippen LogP contribution in [0, 0.1) is 0 Å². The van der Waals surface area contributed by atoms with Crippen molar-refractivity contribution in [3.63, 3.8) is 0 Å². The van der Waals surface area contributed by atoms with Gasteiger partial charge in [0.25, 0.3) is 10.0 Å². The number of ether oxygens (including phenoxy) is 2. The summed E-state index contributed by atoms with van der Waals surface area (Å²) >= 11 is 0. The second kappa shape index (κ2) is 7.01. The molecule has 0 saturated heterocycles. The van der Waals surface area contributed by atoms with Crippen molar-refractivity contribution in [2.45, 2.75) is 31.5 Å². The van der Waals surface area contributed by atoms with Crippen LogP contribution in [0.3, 0.4) is 0 Å². The first-order chi connectivity index (χ1) is 11.3. The molecule has 0 amide bonds. The van der Waals surface area contributed by atoms with Crippen molar-refractivity contribution in [3.8, 4) is 6.01 Å². The molecule has 0 saturated carbocycles. The second-order valence-electron chi connectivity index (χ2n) is 4.74. The molecule has 0 aliphatic rings. The molecule has 2 heterocycles. The van der Waals surface area contributed by atoms with Crippen molar-refractivity contribution in [2.24, 2.45) is 0 Å². The number of sulfonamides is 1. The van der Waals surface area contributed by atoms with Gasteiger partial charge in [0, 0.05) is 6.54 Å². The SMILES string of the molecule is CCn1c(OC)nnc1[C@@H](C)NS(=O)(=O)c1ccc(C(=O)OC)o1. The molecule has 132 valence electrons. The number of carbonyl (C=O) groups excluding carboxylic acids is 1. The molecule has 1 N–H and O–H groups in total. The first kappa shape index (κ1) is 17.9. The Kier molecular flexibility index (Phi) is 5.24. The third-order valence-corrected chi connectivity index (χ3v) is 4.61. The Labute approximate surface area is 138 Å². The minimum absolute atomic E-state index is 0.205. The topological polar surface area (TPSA) is 126 Å². The predicted molar refractivity (Wildman–Crippen MR) is 81.0 cm³/mol. The highest BCUT2D eigenvalue weighted by atomic mass is 32.2. The Morgan fingerprint density at radius 3 is 2.67 bits per heavy atom. The van der Waals surface area contributed by atoms with Crippen molar-refractivity contribution in [2.75, 3.05) is 14.2 Å². The average Bonchev–Trinajstić information content (AvgIpc) is 3.20. The average molecular weight is 358 g/mol. The van der Waals surface area contributed by atoms with E-state index < -0.39 is 27.1 Å². The van der Waals surface area contributed by atoms with E-state index in [4.69, 9.17) is 9.15 Å². The van der Waals surface area contributed by atoms with Gasteiger partial charge in [-0.25, -0.2) is 13.2 Å². The lowest BCUT2D eigenvalue weighted by atomic mass is 10.3. The van der Waals surface area contributed by atoms with E-state index in [0.29, 0.717) is 12.4 Å². The van der Waals surface area contributed by atoms with Gasteiger partial charge in [-0.05, 0) is 26.0 Å². The molecule has 2 aromatic heterocycles. The molecule has 0 spiro atoms. The molecular formula is C13H18N4O6S. The number of carbonyl (C=O) groups is 1. The van der Waals surface area contributed by atoms with E-state index >= 15 is 0 Å². The fraction of sp³-hybridized carbons (Fsp3) is 0.462. The van der Waals surface area contributed by atoms with E-state index in [1.54, 1.807) is 11.5 Å². The Hall–Kier alpha value is -2.40. The molecule has 11 heteroatoms. The minimum atomic E-state index is -4.00.